The van der Waals surface area contributed by atoms with Gasteiger partial charge in [-0.25, -0.2) is 15.0 Å². The third-order valence-corrected chi connectivity index (χ3v) is 7.44. The van der Waals surface area contributed by atoms with E-state index in [0.29, 0.717) is 34.2 Å². The molecule has 6 aromatic carbocycles. The van der Waals surface area contributed by atoms with Gasteiger partial charge in [0.2, 0.25) is 0 Å². The molecule has 0 aliphatic heterocycles. The van der Waals surface area contributed by atoms with Gasteiger partial charge in [-0.1, -0.05) is 121 Å². The lowest BCUT2D eigenvalue weighted by molar-refractivity contribution is 0.669. The van der Waals surface area contributed by atoms with Crippen molar-refractivity contribution in [2.24, 2.45) is 0 Å². The molecule has 0 saturated carbocycles. The average Bonchev–Trinajstić information content (AvgIpc) is 3.51. The molecule has 0 N–H and O–H groups in total. The van der Waals surface area contributed by atoms with Gasteiger partial charge in [0.25, 0.3) is 0 Å². The molecule has 4 heteroatoms. The topological polar surface area (TPSA) is 51.8 Å². The van der Waals surface area contributed by atoms with Crippen LogP contribution < -0.4 is 0 Å². The molecule has 2 aromatic heterocycles. The lowest BCUT2D eigenvalue weighted by atomic mass is 10.0. The van der Waals surface area contributed by atoms with Crippen molar-refractivity contribution in [2.75, 3.05) is 0 Å². The van der Waals surface area contributed by atoms with E-state index in [9.17, 15) is 0 Å². The number of hydrogen-bond donors (Lipinski definition) is 0. The van der Waals surface area contributed by atoms with E-state index in [1.54, 1.807) is 12.1 Å². The fraction of sp³-hybridized carbons (Fsp3) is 0. The van der Waals surface area contributed by atoms with Gasteiger partial charge in [-0.05, 0) is 52.6 Å². The molecule has 0 aliphatic carbocycles. The standard InChI is InChI=1S/C39H25N3O/c1-4-10-26(11-5-1)28-16-18-30(19-17-28)38-40-37(29-14-8-3-9-15-29)41-39(42-38)32-21-23-35-34(24-32)33-22-20-31(25-36(33)43-35)27-12-6-2-7-13-27/h1-25H/i2D,6D,7D,12D,13D. The van der Waals surface area contributed by atoms with Gasteiger partial charge < -0.3 is 4.42 Å². The molecule has 0 unspecified atom stereocenters. The molecule has 0 saturated heterocycles. The van der Waals surface area contributed by atoms with E-state index in [-0.39, 0.29) is 29.7 Å². The van der Waals surface area contributed by atoms with Crippen LogP contribution in [-0.4, -0.2) is 15.0 Å². The zero-order valence-corrected chi connectivity index (χ0v) is 22.8. The molecule has 0 fully saturated rings. The second-order valence-electron chi connectivity index (χ2n) is 10.1. The Morgan fingerprint density at radius 1 is 0.395 bits per heavy atom. The SMILES string of the molecule is [2H]c1c([2H])c([2H])c(-c2ccc3c(c2)oc2ccc(-c4nc(-c5ccccc5)nc(-c5ccc(-c6ccccc6)cc5)n4)cc23)c([2H])c1[2H]. The van der Waals surface area contributed by atoms with Gasteiger partial charge in [0.15, 0.2) is 17.5 Å². The zero-order chi connectivity index (χ0) is 32.9. The molecule has 43 heavy (non-hydrogen) atoms. The Balaban J connectivity index is 1.23. The summed E-state index contributed by atoms with van der Waals surface area (Å²) < 4.78 is 47.1. The molecule has 8 aromatic rings. The number of furan rings is 1. The number of benzene rings is 6. The van der Waals surface area contributed by atoms with Crippen molar-refractivity contribution in [3.05, 3.63) is 152 Å². The fourth-order valence-electron chi connectivity index (χ4n) is 5.26. The zero-order valence-electron chi connectivity index (χ0n) is 27.8. The van der Waals surface area contributed by atoms with E-state index in [4.69, 9.17) is 26.2 Å². The molecule has 2 heterocycles. The molecular weight excluding hydrogens is 526 g/mol. The minimum absolute atomic E-state index is 0.131. The molecule has 0 radical (unpaired) electrons. The van der Waals surface area contributed by atoms with Crippen LogP contribution in [-0.2, 0) is 0 Å². The third kappa shape index (κ3) is 4.75. The predicted molar refractivity (Wildman–Crippen MR) is 174 cm³/mol. The van der Waals surface area contributed by atoms with Gasteiger partial charge >= 0.3 is 0 Å². The van der Waals surface area contributed by atoms with Gasteiger partial charge in [0.1, 0.15) is 11.2 Å². The number of rotatable bonds is 5. The first-order chi connectivity index (χ1) is 23.4. The highest BCUT2D eigenvalue weighted by molar-refractivity contribution is 6.07. The summed E-state index contributed by atoms with van der Waals surface area (Å²) in [5, 5.41) is 1.66. The summed E-state index contributed by atoms with van der Waals surface area (Å²) in [5.41, 5.74) is 6.53. The highest BCUT2D eigenvalue weighted by atomic mass is 16.3. The number of hydrogen-bond acceptors (Lipinski definition) is 4. The molecular formula is C39H25N3O. The summed E-state index contributed by atoms with van der Waals surface area (Å²) in [6, 6.07) is 37.6. The monoisotopic (exact) mass is 556 g/mol. The highest BCUT2D eigenvalue weighted by Crippen LogP contribution is 2.35. The van der Waals surface area contributed by atoms with Crippen LogP contribution >= 0.6 is 0 Å². The van der Waals surface area contributed by atoms with Crippen LogP contribution in [0.25, 0.3) is 78.4 Å². The highest BCUT2D eigenvalue weighted by Gasteiger charge is 2.15. The number of fused-ring (bicyclic) bond motifs is 3. The second kappa shape index (κ2) is 10.5. The van der Waals surface area contributed by atoms with E-state index in [1.165, 1.54) is 0 Å². The van der Waals surface area contributed by atoms with Crippen molar-refractivity contribution in [3.63, 3.8) is 0 Å². The van der Waals surface area contributed by atoms with Crippen molar-refractivity contribution in [1.82, 2.24) is 15.0 Å². The Bertz CT molecular complexity index is 2470. The summed E-state index contributed by atoms with van der Waals surface area (Å²) in [6.45, 7) is 0. The minimum atomic E-state index is -0.424. The largest absolute Gasteiger partial charge is 0.456 e. The second-order valence-corrected chi connectivity index (χ2v) is 10.1. The Kier molecular flexibility index (Phi) is 4.91. The molecule has 0 aliphatic rings. The first-order valence-electron chi connectivity index (χ1n) is 16.4. The first kappa shape index (κ1) is 20.1. The normalized spacial score (nSPS) is 12.9. The van der Waals surface area contributed by atoms with Crippen LogP contribution in [0.5, 0.6) is 0 Å². The molecule has 0 spiro atoms. The van der Waals surface area contributed by atoms with Crippen molar-refractivity contribution >= 4 is 21.9 Å². The van der Waals surface area contributed by atoms with Crippen molar-refractivity contribution < 1.29 is 11.3 Å². The Hall–Kier alpha value is -5.87. The van der Waals surface area contributed by atoms with Crippen LogP contribution in [0.4, 0.5) is 0 Å². The van der Waals surface area contributed by atoms with Crippen LogP contribution in [0.15, 0.2) is 156 Å². The van der Waals surface area contributed by atoms with E-state index >= 15 is 0 Å². The summed E-state index contributed by atoms with van der Waals surface area (Å²) in [5.74, 6) is 1.63. The third-order valence-electron chi connectivity index (χ3n) is 7.44. The van der Waals surface area contributed by atoms with Gasteiger partial charge in [0.05, 0.1) is 6.85 Å². The Labute approximate surface area is 256 Å². The number of aromatic nitrogens is 3. The summed E-state index contributed by atoms with van der Waals surface area (Å²) in [6.07, 6.45) is 0. The fourth-order valence-corrected chi connectivity index (χ4v) is 5.26. The Morgan fingerprint density at radius 2 is 0.930 bits per heavy atom. The Morgan fingerprint density at radius 3 is 1.63 bits per heavy atom. The van der Waals surface area contributed by atoms with Crippen molar-refractivity contribution in [3.8, 4) is 56.4 Å². The van der Waals surface area contributed by atoms with E-state index in [0.717, 1.165) is 38.6 Å². The summed E-state index contributed by atoms with van der Waals surface area (Å²) in [7, 11) is 0. The predicted octanol–water partition coefficient (Wildman–Crippen LogP) is 10.1. The van der Waals surface area contributed by atoms with Crippen LogP contribution in [0.1, 0.15) is 6.85 Å². The van der Waals surface area contributed by atoms with Gasteiger partial charge in [-0.3, -0.25) is 0 Å². The smallest absolute Gasteiger partial charge is 0.164 e. The summed E-state index contributed by atoms with van der Waals surface area (Å²) in [4.78, 5) is 14.7. The maximum absolute atomic E-state index is 8.40. The average molecular weight is 557 g/mol. The molecule has 8 rings (SSSR count). The maximum atomic E-state index is 8.40. The summed E-state index contributed by atoms with van der Waals surface area (Å²) >= 11 is 0. The maximum Gasteiger partial charge on any atom is 0.164 e. The van der Waals surface area contributed by atoms with Gasteiger partial charge in [0, 0.05) is 27.5 Å². The lowest BCUT2D eigenvalue weighted by Gasteiger charge is -2.09. The number of nitrogens with zero attached hydrogens (tertiary/aromatic N) is 3. The molecule has 0 bridgehead atoms. The molecule has 4 nitrogen and oxygen atoms in total. The minimum Gasteiger partial charge on any atom is -0.456 e. The van der Waals surface area contributed by atoms with E-state index in [1.807, 2.05) is 84.9 Å². The van der Waals surface area contributed by atoms with Crippen molar-refractivity contribution in [2.45, 2.75) is 0 Å². The first-order valence-corrected chi connectivity index (χ1v) is 13.9. The van der Waals surface area contributed by atoms with Crippen LogP contribution in [0, 0.1) is 0 Å². The quantitative estimate of drug-likeness (QED) is 0.212. The van der Waals surface area contributed by atoms with Gasteiger partial charge in [-0.15, -0.1) is 0 Å². The van der Waals surface area contributed by atoms with E-state index in [2.05, 4.69) is 24.3 Å². The van der Waals surface area contributed by atoms with Crippen molar-refractivity contribution in [1.29, 1.82) is 0 Å². The van der Waals surface area contributed by atoms with E-state index < -0.39 is 6.04 Å². The molecule has 202 valence electrons. The molecule has 0 amide bonds. The van der Waals surface area contributed by atoms with Crippen LogP contribution in [0.2, 0.25) is 0 Å². The van der Waals surface area contributed by atoms with Crippen LogP contribution in [0.3, 0.4) is 0 Å². The lowest BCUT2D eigenvalue weighted by Crippen LogP contribution is -2.00. The van der Waals surface area contributed by atoms with Gasteiger partial charge in [-0.2, -0.15) is 0 Å². The molecule has 0 atom stereocenters.